The number of ether oxygens (including phenoxy) is 3. The van der Waals surface area contributed by atoms with Crippen LogP contribution in [0.15, 0.2) is 12.1 Å². The van der Waals surface area contributed by atoms with E-state index in [2.05, 4.69) is 31.1 Å². The van der Waals surface area contributed by atoms with Crippen molar-refractivity contribution in [2.75, 3.05) is 41.5 Å². The van der Waals surface area contributed by atoms with Crippen LogP contribution in [0.1, 0.15) is 19.4 Å². The van der Waals surface area contributed by atoms with Gasteiger partial charge in [0.25, 0.3) is 0 Å². The lowest BCUT2D eigenvalue weighted by Crippen LogP contribution is -2.32. The van der Waals surface area contributed by atoms with Crippen LogP contribution in [-0.2, 0) is 6.54 Å². The molecule has 120 valence electrons. The van der Waals surface area contributed by atoms with Crippen molar-refractivity contribution >= 4 is 0 Å². The first-order valence-corrected chi connectivity index (χ1v) is 7.22. The third kappa shape index (κ3) is 5.44. The molecule has 1 aromatic rings. The maximum absolute atomic E-state index is 5.38. The van der Waals surface area contributed by atoms with Crippen LogP contribution in [0, 0.1) is 0 Å². The molecule has 1 rings (SSSR count). The molecule has 0 unspecified atom stereocenters. The first-order valence-electron chi connectivity index (χ1n) is 7.22. The molecule has 0 aliphatic carbocycles. The Balaban J connectivity index is 2.74. The van der Waals surface area contributed by atoms with E-state index in [-0.39, 0.29) is 0 Å². The predicted molar refractivity (Wildman–Crippen MR) is 85.6 cm³/mol. The molecule has 0 fully saturated rings. The van der Waals surface area contributed by atoms with Crippen LogP contribution < -0.4 is 19.5 Å². The van der Waals surface area contributed by atoms with Crippen molar-refractivity contribution in [3.05, 3.63) is 17.7 Å². The van der Waals surface area contributed by atoms with Crippen molar-refractivity contribution in [2.24, 2.45) is 0 Å². The van der Waals surface area contributed by atoms with E-state index in [1.165, 1.54) is 0 Å². The van der Waals surface area contributed by atoms with Gasteiger partial charge < -0.3 is 24.4 Å². The normalized spacial score (nSPS) is 11.0. The lowest BCUT2D eigenvalue weighted by molar-refractivity contribution is 0.310. The Morgan fingerprint density at radius 3 is 2.05 bits per heavy atom. The standard InChI is InChI=1S/C16H28N2O3/c1-12(2)17-7-8-18(3)11-13-9-14(19-4)16(21-6)15(10-13)20-5/h9-10,12,17H,7-8,11H2,1-6H3. The molecule has 1 aromatic carbocycles. The minimum absolute atomic E-state index is 0.513. The summed E-state index contributed by atoms with van der Waals surface area (Å²) < 4.78 is 16.1. The van der Waals surface area contributed by atoms with Crippen LogP contribution in [0.5, 0.6) is 17.2 Å². The molecule has 5 nitrogen and oxygen atoms in total. The Morgan fingerprint density at radius 1 is 1.05 bits per heavy atom. The Hall–Kier alpha value is -1.46. The van der Waals surface area contributed by atoms with E-state index in [9.17, 15) is 0 Å². The monoisotopic (exact) mass is 296 g/mol. The van der Waals surface area contributed by atoms with Gasteiger partial charge in [-0.3, -0.25) is 0 Å². The number of hydrogen-bond acceptors (Lipinski definition) is 5. The zero-order valence-electron chi connectivity index (χ0n) is 14.0. The lowest BCUT2D eigenvalue weighted by atomic mass is 10.1. The highest BCUT2D eigenvalue weighted by atomic mass is 16.5. The molecule has 5 heteroatoms. The highest BCUT2D eigenvalue weighted by Gasteiger charge is 2.13. The van der Waals surface area contributed by atoms with Gasteiger partial charge in [0.2, 0.25) is 5.75 Å². The third-order valence-electron chi connectivity index (χ3n) is 3.22. The topological polar surface area (TPSA) is 43.0 Å². The van der Waals surface area contributed by atoms with Gasteiger partial charge >= 0.3 is 0 Å². The molecule has 21 heavy (non-hydrogen) atoms. The summed E-state index contributed by atoms with van der Waals surface area (Å²) in [6.07, 6.45) is 0. The molecule has 0 spiro atoms. The second-order valence-corrected chi connectivity index (χ2v) is 5.38. The summed E-state index contributed by atoms with van der Waals surface area (Å²) in [7, 11) is 6.99. The van der Waals surface area contributed by atoms with E-state index in [0.29, 0.717) is 23.3 Å². The van der Waals surface area contributed by atoms with Gasteiger partial charge in [-0.15, -0.1) is 0 Å². The molecule has 0 bridgehead atoms. The molecule has 0 aromatic heterocycles. The highest BCUT2D eigenvalue weighted by molar-refractivity contribution is 5.53. The summed E-state index contributed by atoms with van der Waals surface area (Å²) in [5, 5.41) is 3.41. The number of methoxy groups -OCH3 is 3. The van der Waals surface area contributed by atoms with Crippen LogP contribution in [0.2, 0.25) is 0 Å². The largest absolute Gasteiger partial charge is 0.493 e. The van der Waals surface area contributed by atoms with Crippen molar-refractivity contribution in [1.29, 1.82) is 0 Å². The Labute approximate surface area is 128 Å². The van der Waals surface area contributed by atoms with Gasteiger partial charge in [-0.1, -0.05) is 13.8 Å². The van der Waals surface area contributed by atoms with Crippen LogP contribution in [-0.4, -0.2) is 52.4 Å². The van der Waals surface area contributed by atoms with Crippen molar-refractivity contribution in [2.45, 2.75) is 26.4 Å². The molecule has 0 heterocycles. The van der Waals surface area contributed by atoms with Crippen molar-refractivity contribution < 1.29 is 14.2 Å². The number of likely N-dealkylation sites (N-methyl/N-ethyl adjacent to an activating group) is 1. The van der Waals surface area contributed by atoms with Crippen LogP contribution in [0.4, 0.5) is 0 Å². The van der Waals surface area contributed by atoms with Gasteiger partial charge in [-0.05, 0) is 24.7 Å². The van der Waals surface area contributed by atoms with E-state index in [1.807, 2.05) is 12.1 Å². The Kier molecular flexibility index (Phi) is 7.32. The zero-order valence-corrected chi connectivity index (χ0v) is 14.0. The summed E-state index contributed by atoms with van der Waals surface area (Å²) in [6, 6.07) is 4.50. The minimum atomic E-state index is 0.513. The number of benzene rings is 1. The third-order valence-corrected chi connectivity index (χ3v) is 3.22. The summed E-state index contributed by atoms with van der Waals surface area (Å²) in [4.78, 5) is 2.26. The average Bonchev–Trinajstić information content (AvgIpc) is 2.45. The zero-order chi connectivity index (χ0) is 15.8. The van der Waals surface area contributed by atoms with Gasteiger partial charge in [-0.25, -0.2) is 0 Å². The molecular formula is C16H28N2O3. The summed E-state index contributed by atoms with van der Waals surface area (Å²) in [5.41, 5.74) is 1.14. The maximum atomic E-state index is 5.38. The minimum Gasteiger partial charge on any atom is -0.493 e. The van der Waals surface area contributed by atoms with Gasteiger partial charge in [0, 0.05) is 25.7 Å². The summed E-state index contributed by atoms with van der Waals surface area (Å²) >= 11 is 0. The quantitative estimate of drug-likeness (QED) is 0.756. The van der Waals surface area contributed by atoms with E-state index in [4.69, 9.17) is 14.2 Å². The van der Waals surface area contributed by atoms with Crippen LogP contribution in [0.25, 0.3) is 0 Å². The summed E-state index contributed by atoms with van der Waals surface area (Å²) in [5.74, 6) is 2.02. The molecular weight excluding hydrogens is 268 g/mol. The fourth-order valence-electron chi connectivity index (χ4n) is 2.16. The van der Waals surface area contributed by atoms with Crippen molar-refractivity contribution in [3.8, 4) is 17.2 Å². The van der Waals surface area contributed by atoms with Crippen molar-refractivity contribution in [3.63, 3.8) is 0 Å². The van der Waals surface area contributed by atoms with Gasteiger partial charge in [0.05, 0.1) is 21.3 Å². The van der Waals surface area contributed by atoms with E-state index < -0.39 is 0 Å². The highest BCUT2D eigenvalue weighted by Crippen LogP contribution is 2.38. The number of rotatable bonds is 9. The second-order valence-electron chi connectivity index (χ2n) is 5.38. The number of nitrogens with one attached hydrogen (secondary N) is 1. The number of nitrogens with zero attached hydrogens (tertiary/aromatic N) is 1. The fourth-order valence-corrected chi connectivity index (χ4v) is 2.16. The Bertz CT molecular complexity index is 411. The SMILES string of the molecule is COc1cc(CN(C)CCNC(C)C)cc(OC)c1OC. The van der Waals surface area contributed by atoms with Crippen molar-refractivity contribution in [1.82, 2.24) is 10.2 Å². The van der Waals surface area contributed by atoms with Crippen LogP contribution >= 0.6 is 0 Å². The molecule has 1 N–H and O–H groups in total. The van der Waals surface area contributed by atoms with E-state index in [0.717, 1.165) is 25.2 Å². The first-order chi connectivity index (χ1) is 10.0. The van der Waals surface area contributed by atoms with Gasteiger partial charge in [-0.2, -0.15) is 0 Å². The molecule has 0 saturated carbocycles. The fraction of sp³-hybridized carbons (Fsp3) is 0.625. The second kappa shape index (κ2) is 8.74. The smallest absolute Gasteiger partial charge is 0.203 e. The predicted octanol–water partition coefficient (Wildman–Crippen LogP) is 2.14. The van der Waals surface area contributed by atoms with Gasteiger partial charge in [0.1, 0.15) is 0 Å². The summed E-state index contributed by atoms with van der Waals surface area (Å²) in [6.45, 7) is 7.09. The number of hydrogen-bond donors (Lipinski definition) is 1. The molecule has 0 radical (unpaired) electrons. The van der Waals surface area contributed by atoms with E-state index >= 15 is 0 Å². The maximum Gasteiger partial charge on any atom is 0.203 e. The Morgan fingerprint density at radius 2 is 1.62 bits per heavy atom. The molecule has 0 atom stereocenters. The van der Waals surface area contributed by atoms with E-state index in [1.54, 1.807) is 21.3 Å². The lowest BCUT2D eigenvalue weighted by Gasteiger charge is -2.20. The van der Waals surface area contributed by atoms with Gasteiger partial charge in [0.15, 0.2) is 11.5 Å². The molecule has 0 amide bonds. The molecule has 0 aliphatic rings. The first kappa shape index (κ1) is 17.6. The van der Waals surface area contributed by atoms with Crippen LogP contribution in [0.3, 0.4) is 0 Å². The molecule has 0 saturated heterocycles. The molecule has 0 aliphatic heterocycles. The average molecular weight is 296 g/mol.